The molecule has 31 heavy (non-hydrogen) atoms. The number of hydrogen-bond acceptors (Lipinski definition) is 5. The van der Waals surface area contributed by atoms with Crippen molar-refractivity contribution >= 4 is 62.5 Å². The molecule has 10 heteroatoms. The van der Waals surface area contributed by atoms with Gasteiger partial charge in [0.1, 0.15) is 0 Å². The molecule has 0 unspecified atom stereocenters. The van der Waals surface area contributed by atoms with Crippen LogP contribution in [0.4, 0.5) is 5.69 Å². The maximum absolute atomic E-state index is 12.5. The zero-order chi connectivity index (χ0) is 21.8. The summed E-state index contributed by atoms with van der Waals surface area (Å²) >= 11 is 17.0. The summed E-state index contributed by atoms with van der Waals surface area (Å²) in [5, 5.41) is 12.7. The molecule has 0 saturated carbocycles. The molecule has 1 amide bonds. The van der Waals surface area contributed by atoms with Crippen LogP contribution in [0.5, 0.6) is 0 Å². The summed E-state index contributed by atoms with van der Waals surface area (Å²) in [5.41, 5.74) is 2.07. The normalized spacial score (nSPS) is 10.8. The number of hydrogen-bond donors (Lipinski definition) is 1. The van der Waals surface area contributed by atoms with Gasteiger partial charge in [0.15, 0.2) is 11.0 Å². The first-order valence-electron chi connectivity index (χ1n) is 9.01. The zero-order valence-electron chi connectivity index (χ0n) is 15.8. The third-order valence-electron chi connectivity index (χ3n) is 4.20. The molecule has 0 aliphatic rings. The molecule has 4 rings (SSSR count). The van der Waals surface area contributed by atoms with Gasteiger partial charge in [0, 0.05) is 28.1 Å². The maximum atomic E-state index is 12.5. The quantitative estimate of drug-likeness (QED) is 0.301. The fourth-order valence-electron chi connectivity index (χ4n) is 2.79. The van der Waals surface area contributed by atoms with E-state index in [0.717, 1.165) is 15.7 Å². The lowest BCUT2D eigenvalue weighted by Crippen LogP contribution is -2.15. The van der Waals surface area contributed by atoms with Crippen molar-refractivity contribution in [1.82, 2.24) is 19.7 Å². The highest BCUT2D eigenvalue weighted by molar-refractivity contribution is 9.10. The van der Waals surface area contributed by atoms with Crippen LogP contribution in [0.15, 0.2) is 76.6 Å². The second-order valence-electron chi connectivity index (χ2n) is 6.29. The number of aromatic nitrogens is 4. The van der Waals surface area contributed by atoms with E-state index in [1.54, 1.807) is 30.6 Å². The van der Waals surface area contributed by atoms with E-state index >= 15 is 0 Å². The number of thioether (sulfide) groups is 1. The minimum absolute atomic E-state index is 0.100. The van der Waals surface area contributed by atoms with Crippen molar-refractivity contribution in [1.29, 1.82) is 0 Å². The summed E-state index contributed by atoms with van der Waals surface area (Å²) in [5.74, 6) is 0.476. The Morgan fingerprint density at radius 2 is 1.77 bits per heavy atom. The van der Waals surface area contributed by atoms with Gasteiger partial charge in [-0.2, -0.15) is 0 Å². The van der Waals surface area contributed by atoms with Gasteiger partial charge in [-0.25, -0.2) is 0 Å². The third kappa shape index (κ3) is 5.10. The smallest absolute Gasteiger partial charge is 0.234 e. The van der Waals surface area contributed by atoms with Crippen molar-refractivity contribution in [3.05, 3.63) is 81.5 Å². The molecule has 0 spiro atoms. The first-order chi connectivity index (χ1) is 15.0. The molecular formula is C21H14BrCl2N5OS. The van der Waals surface area contributed by atoms with E-state index < -0.39 is 0 Å². The van der Waals surface area contributed by atoms with Crippen LogP contribution in [0.25, 0.3) is 17.1 Å². The van der Waals surface area contributed by atoms with E-state index in [4.69, 9.17) is 23.2 Å². The molecule has 2 heterocycles. The van der Waals surface area contributed by atoms with Crippen LogP contribution < -0.4 is 5.32 Å². The molecular weight excluding hydrogens is 521 g/mol. The Morgan fingerprint density at radius 1 is 1.03 bits per heavy atom. The molecule has 0 aliphatic heterocycles. The summed E-state index contributed by atoms with van der Waals surface area (Å²) in [4.78, 5) is 16.7. The lowest BCUT2D eigenvalue weighted by molar-refractivity contribution is -0.113. The lowest BCUT2D eigenvalue weighted by atomic mass is 10.2. The van der Waals surface area contributed by atoms with Crippen LogP contribution >= 0.6 is 50.9 Å². The van der Waals surface area contributed by atoms with E-state index in [1.165, 1.54) is 11.8 Å². The van der Waals surface area contributed by atoms with Crippen LogP contribution in [0.1, 0.15) is 0 Å². The number of pyridine rings is 1. The molecule has 0 atom stereocenters. The molecule has 2 aromatic carbocycles. The van der Waals surface area contributed by atoms with Crippen LogP contribution in [0, 0.1) is 0 Å². The van der Waals surface area contributed by atoms with Gasteiger partial charge >= 0.3 is 0 Å². The van der Waals surface area contributed by atoms with Gasteiger partial charge in [-0.05, 0) is 48.5 Å². The molecule has 0 fully saturated rings. The first kappa shape index (κ1) is 21.8. The van der Waals surface area contributed by atoms with E-state index in [9.17, 15) is 4.79 Å². The molecule has 0 bridgehead atoms. The monoisotopic (exact) mass is 533 g/mol. The topological polar surface area (TPSA) is 72.7 Å². The van der Waals surface area contributed by atoms with Gasteiger partial charge in [0.05, 0.1) is 21.5 Å². The highest BCUT2D eigenvalue weighted by Crippen LogP contribution is 2.31. The number of benzene rings is 2. The second-order valence-corrected chi connectivity index (χ2v) is 8.97. The Morgan fingerprint density at radius 3 is 2.45 bits per heavy atom. The van der Waals surface area contributed by atoms with Crippen molar-refractivity contribution in [3.63, 3.8) is 0 Å². The standard InChI is InChI=1S/C21H14BrCl2N5OS/c22-14-6-8-15(9-7-14)29-20(13-3-2-10-25-11-13)27-28-21(29)31-12-18(30)26-19-16(23)4-1-5-17(19)24/h1-11H,12H2,(H,26,30). The largest absolute Gasteiger partial charge is 0.323 e. The third-order valence-corrected chi connectivity index (χ3v) is 6.29. The van der Waals surface area contributed by atoms with Gasteiger partial charge in [0.25, 0.3) is 0 Å². The van der Waals surface area contributed by atoms with E-state index in [0.29, 0.717) is 26.7 Å². The van der Waals surface area contributed by atoms with Gasteiger partial charge in [-0.15, -0.1) is 10.2 Å². The Bertz CT molecular complexity index is 1200. The maximum Gasteiger partial charge on any atom is 0.234 e. The number of para-hydroxylation sites is 1. The van der Waals surface area contributed by atoms with Crippen molar-refractivity contribution < 1.29 is 4.79 Å². The van der Waals surface area contributed by atoms with Crippen molar-refractivity contribution in [2.75, 3.05) is 11.1 Å². The summed E-state index contributed by atoms with van der Waals surface area (Å²) in [6.07, 6.45) is 3.42. The number of anilines is 1. The van der Waals surface area contributed by atoms with Gasteiger partial charge in [-0.3, -0.25) is 14.3 Å². The Balaban J connectivity index is 1.60. The molecule has 156 valence electrons. The summed E-state index contributed by atoms with van der Waals surface area (Å²) in [6, 6.07) is 16.6. The van der Waals surface area contributed by atoms with E-state index in [1.807, 2.05) is 41.0 Å². The number of carbonyl (C=O) groups is 1. The van der Waals surface area contributed by atoms with Crippen molar-refractivity contribution in [2.24, 2.45) is 0 Å². The Hall–Kier alpha value is -2.39. The number of nitrogens with zero attached hydrogens (tertiary/aromatic N) is 4. The number of nitrogens with one attached hydrogen (secondary N) is 1. The highest BCUT2D eigenvalue weighted by Gasteiger charge is 2.18. The van der Waals surface area contributed by atoms with E-state index in [2.05, 4.69) is 36.4 Å². The molecule has 0 aliphatic carbocycles. The Labute approximate surface area is 201 Å². The number of rotatable bonds is 6. The van der Waals surface area contributed by atoms with Crippen LogP contribution in [0.2, 0.25) is 10.0 Å². The van der Waals surface area contributed by atoms with Crippen LogP contribution in [0.3, 0.4) is 0 Å². The fourth-order valence-corrected chi connectivity index (χ4v) is 4.30. The lowest BCUT2D eigenvalue weighted by Gasteiger charge is -2.11. The van der Waals surface area contributed by atoms with Gasteiger partial charge in [0.2, 0.25) is 5.91 Å². The Kier molecular flexibility index (Phi) is 6.92. The number of carbonyl (C=O) groups excluding carboxylic acids is 1. The minimum Gasteiger partial charge on any atom is -0.323 e. The van der Waals surface area contributed by atoms with Crippen LogP contribution in [-0.4, -0.2) is 31.4 Å². The molecule has 0 saturated heterocycles. The zero-order valence-corrected chi connectivity index (χ0v) is 19.7. The van der Waals surface area contributed by atoms with Crippen molar-refractivity contribution in [3.8, 4) is 17.1 Å². The average Bonchev–Trinajstić information content (AvgIpc) is 3.20. The summed E-state index contributed by atoms with van der Waals surface area (Å²) in [6.45, 7) is 0. The highest BCUT2D eigenvalue weighted by atomic mass is 79.9. The molecule has 2 aromatic heterocycles. The average molecular weight is 535 g/mol. The van der Waals surface area contributed by atoms with E-state index in [-0.39, 0.29) is 11.7 Å². The van der Waals surface area contributed by atoms with Gasteiger partial charge < -0.3 is 5.32 Å². The molecule has 4 aromatic rings. The molecule has 6 nitrogen and oxygen atoms in total. The summed E-state index contributed by atoms with van der Waals surface area (Å²) < 4.78 is 2.85. The predicted octanol–water partition coefficient (Wildman–Crippen LogP) is 6.13. The number of amides is 1. The SMILES string of the molecule is O=C(CSc1nnc(-c2cccnc2)n1-c1ccc(Br)cc1)Nc1c(Cl)cccc1Cl. The molecule has 1 N–H and O–H groups in total. The minimum atomic E-state index is -0.256. The fraction of sp³-hybridized carbons (Fsp3) is 0.0476. The predicted molar refractivity (Wildman–Crippen MR) is 128 cm³/mol. The second kappa shape index (κ2) is 9.82. The molecule has 0 radical (unpaired) electrons. The van der Waals surface area contributed by atoms with Crippen molar-refractivity contribution in [2.45, 2.75) is 5.16 Å². The number of halogens is 3. The van der Waals surface area contributed by atoms with Crippen LogP contribution in [-0.2, 0) is 4.79 Å². The summed E-state index contributed by atoms with van der Waals surface area (Å²) in [7, 11) is 0. The van der Waals surface area contributed by atoms with Gasteiger partial charge in [-0.1, -0.05) is 57.0 Å². The first-order valence-corrected chi connectivity index (χ1v) is 11.5.